The van der Waals surface area contributed by atoms with E-state index in [4.69, 9.17) is 0 Å². The van der Waals surface area contributed by atoms with Crippen LogP contribution in [0, 0.1) is 0 Å². The Morgan fingerprint density at radius 1 is 1.86 bits per heavy atom. The van der Waals surface area contributed by atoms with Crippen LogP contribution in [0.15, 0.2) is 5.10 Å². The molecule has 0 saturated heterocycles. The molecule has 0 unspecified atom stereocenters. The van der Waals surface area contributed by atoms with Crippen molar-refractivity contribution < 1.29 is 0 Å². The van der Waals surface area contributed by atoms with E-state index in [2.05, 4.69) is 16.2 Å². The first-order valence-corrected chi connectivity index (χ1v) is 2.24. The molecule has 0 aromatic heterocycles. The molecule has 0 amide bonds. The van der Waals surface area contributed by atoms with Crippen molar-refractivity contribution in [3.05, 3.63) is 0 Å². The van der Waals surface area contributed by atoms with Crippen LogP contribution in [-0.2, 0) is 0 Å². The van der Waals surface area contributed by atoms with Gasteiger partial charge in [-0.2, -0.15) is 5.10 Å². The predicted octanol–water partition coefficient (Wildman–Crippen LogP) is -0.726. The molecule has 0 bridgehead atoms. The minimum Gasteiger partial charge on any atom is -0.278 e. The number of nitrogens with zero attached hydrogens (tertiary/aromatic N) is 2. The lowest BCUT2D eigenvalue weighted by atomic mass is 10.7. The lowest BCUT2D eigenvalue weighted by Crippen LogP contribution is -2.36. The third kappa shape index (κ3) is 0.806. The number of rotatable bonds is 1. The Bertz CT molecular complexity index is 79.0. The Labute approximate surface area is 42.1 Å². The first-order valence-electron chi connectivity index (χ1n) is 2.24. The van der Waals surface area contributed by atoms with Gasteiger partial charge in [0.2, 0.25) is 0 Å². The number of hydrazine groups is 2. The molecule has 4 heteroatoms. The van der Waals surface area contributed by atoms with Crippen molar-refractivity contribution in [3.8, 4) is 0 Å². The molecule has 0 aliphatic carbocycles. The van der Waals surface area contributed by atoms with E-state index in [-0.39, 0.29) is 0 Å². The minimum atomic E-state index is 0.927. The van der Waals surface area contributed by atoms with Gasteiger partial charge < -0.3 is 0 Å². The molecule has 1 rings (SSSR count). The van der Waals surface area contributed by atoms with Crippen molar-refractivity contribution in [2.24, 2.45) is 5.10 Å². The van der Waals surface area contributed by atoms with Gasteiger partial charge in [0.1, 0.15) is 6.34 Å². The lowest BCUT2D eigenvalue weighted by molar-refractivity contribution is 0.314. The average molecular weight is 100 g/mol. The maximum atomic E-state index is 3.68. The highest BCUT2D eigenvalue weighted by Crippen LogP contribution is 1.76. The van der Waals surface area contributed by atoms with Crippen LogP contribution in [0.4, 0.5) is 0 Å². The van der Waals surface area contributed by atoms with Crippen LogP contribution in [0.2, 0.25) is 0 Å². The standard InChI is InChI=1S/C3H8N4/c1-2-7-3-4-5-6-7/h3,5-6H,2H2,1H3. The Kier molecular flexibility index (Phi) is 1.12. The van der Waals surface area contributed by atoms with Crippen molar-refractivity contribution in [3.63, 3.8) is 0 Å². The normalized spacial score (nSPS) is 17.6. The van der Waals surface area contributed by atoms with Gasteiger partial charge in [0.15, 0.2) is 0 Å². The molecule has 2 N–H and O–H groups in total. The van der Waals surface area contributed by atoms with Gasteiger partial charge in [-0.1, -0.05) is 0 Å². The van der Waals surface area contributed by atoms with Gasteiger partial charge in [0, 0.05) is 6.54 Å². The van der Waals surface area contributed by atoms with Crippen molar-refractivity contribution in [1.82, 2.24) is 16.1 Å². The maximum absolute atomic E-state index is 3.68. The summed E-state index contributed by atoms with van der Waals surface area (Å²) in [7, 11) is 0. The highest BCUT2D eigenvalue weighted by atomic mass is 15.8. The summed E-state index contributed by atoms with van der Waals surface area (Å²) in [6.07, 6.45) is 1.69. The summed E-state index contributed by atoms with van der Waals surface area (Å²) in [6, 6.07) is 0. The molecule has 40 valence electrons. The molecule has 0 radical (unpaired) electrons. The third-order valence-corrected chi connectivity index (χ3v) is 0.796. The van der Waals surface area contributed by atoms with Crippen LogP contribution in [0.3, 0.4) is 0 Å². The minimum absolute atomic E-state index is 0.927. The smallest absolute Gasteiger partial charge is 0.128 e. The monoisotopic (exact) mass is 100 g/mol. The van der Waals surface area contributed by atoms with Crippen molar-refractivity contribution in [2.45, 2.75) is 6.92 Å². The fourth-order valence-electron chi connectivity index (χ4n) is 0.381. The summed E-state index contributed by atoms with van der Waals surface area (Å²) in [5.74, 6) is 0. The van der Waals surface area contributed by atoms with E-state index in [1.54, 1.807) is 6.34 Å². The molecule has 1 aliphatic rings. The number of hydrogen-bond donors (Lipinski definition) is 2. The van der Waals surface area contributed by atoms with Gasteiger partial charge in [-0.25, -0.2) is 5.53 Å². The quantitative estimate of drug-likeness (QED) is 0.456. The fraction of sp³-hybridized carbons (Fsp3) is 0.667. The predicted molar refractivity (Wildman–Crippen MR) is 27.1 cm³/mol. The molecular formula is C3H8N4. The molecule has 0 aromatic carbocycles. The Morgan fingerprint density at radius 2 is 2.71 bits per heavy atom. The van der Waals surface area contributed by atoms with E-state index in [1.165, 1.54) is 0 Å². The number of hydrogen-bond acceptors (Lipinski definition) is 4. The van der Waals surface area contributed by atoms with Crippen LogP contribution in [-0.4, -0.2) is 17.9 Å². The van der Waals surface area contributed by atoms with E-state index in [9.17, 15) is 0 Å². The molecular weight excluding hydrogens is 92.1 g/mol. The maximum Gasteiger partial charge on any atom is 0.128 e. The molecule has 0 atom stereocenters. The van der Waals surface area contributed by atoms with E-state index < -0.39 is 0 Å². The first-order chi connectivity index (χ1) is 3.43. The fourth-order valence-corrected chi connectivity index (χ4v) is 0.381. The van der Waals surface area contributed by atoms with Crippen molar-refractivity contribution in [2.75, 3.05) is 6.54 Å². The van der Waals surface area contributed by atoms with E-state index in [0.717, 1.165) is 6.54 Å². The topological polar surface area (TPSA) is 39.7 Å². The Morgan fingerprint density at radius 3 is 3.00 bits per heavy atom. The second-order valence-electron chi connectivity index (χ2n) is 1.25. The van der Waals surface area contributed by atoms with Crippen LogP contribution in [0.5, 0.6) is 0 Å². The average Bonchev–Trinajstić information content (AvgIpc) is 2.14. The van der Waals surface area contributed by atoms with Gasteiger partial charge in [0.25, 0.3) is 0 Å². The van der Waals surface area contributed by atoms with Crippen LogP contribution < -0.4 is 11.1 Å². The lowest BCUT2D eigenvalue weighted by Gasteiger charge is -2.07. The summed E-state index contributed by atoms with van der Waals surface area (Å²) >= 11 is 0. The largest absolute Gasteiger partial charge is 0.278 e. The summed E-state index contributed by atoms with van der Waals surface area (Å²) in [5.41, 5.74) is 5.34. The third-order valence-electron chi connectivity index (χ3n) is 0.796. The number of hydrazone groups is 1. The molecule has 0 spiro atoms. The van der Waals surface area contributed by atoms with Gasteiger partial charge in [-0.05, 0) is 6.92 Å². The SMILES string of the molecule is CCN1C=NNN1. The van der Waals surface area contributed by atoms with E-state index in [1.807, 2.05) is 11.9 Å². The second kappa shape index (κ2) is 1.79. The molecule has 7 heavy (non-hydrogen) atoms. The van der Waals surface area contributed by atoms with Gasteiger partial charge in [-0.15, -0.1) is 5.53 Å². The molecule has 1 aliphatic heterocycles. The molecule has 0 aromatic rings. The van der Waals surface area contributed by atoms with Gasteiger partial charge in [0.05, 0.1) is 0 Å². The second-order valence-corrected chi connectivity index (χ2v) is 1.25. The first kappa shape index (κ1) is 4.39. The van der Waals surface area contributed by atoms with Gasteiger partial charge >= 0.3 is 0 Å². The molecule has 0 saturated carbocycles. The summed E-state index contributed by atoms with van der Waals surface area (Å²) < 4.78 is 0. The van der Waals surface area contributed by atoms with Crippen LogP contribution in [0.25, 0.3) is 0 Å². The van der Waals surface area contributed by atoms with Crippen molar-refractivity contribution in [1.29, 1.82) is 0 Å². The summed E-state index contributed by atoms with van der Waals surface area (Å²) in [4.78, 5) is 0. The molecule has 0 fully saturated rings. The Hall–Kier alpha value is -0.770. The van der Waals surface area contributed by atoms with E-state index in [0.29, 0.717) is 0 Å². The highest BCUT2D eigenvalue weighted by Gasteiger charge is 1.96. The van der Waals surface area contributed by atoms with E-state index >= 15 is 0 Å². The zero-order valence-corrected chi connectivity index (χ0v) is 4.18. The van der Waals surface area contributed by atoms with Crippen LogP contribution in [0.1, 0.15) is 6.92 Å². The summed E-state index contributed by atoms with van der Waals surface area (Å²) in [6.45, 7) is 2.96. The van der Waals surface area contributed by atoms with Gasteiger partial charge in [-0.3, -0.25) is 5.01 Å². The highest BCUT2D eigenvalue weighted by molar-refractivity contribution is 5.54. The summed E-state index contributed by atoms with van der Waals surface area (Å²) in [5, 5.41) is 5.51. The zero-order chi connectivity index (χ0) is 5.11. The zero-order valence-electron chi connectivity index (χ0n) is 4.18. The van der Waals surface area contributed by atoms with Crippen LogP contribution >= 0.6 is 0 Å². The molecule has 4 nitrogen and oxygen atoms in total. The molecule has 1 heterocycles. The Balaban J connectivity index is 2.28. The van der Waals surface area contributed by atoms with Crippen molar-refractivity contribution >= 4 is 6.34 Å². The number of nitrogens with one attached hydrogen (secondary N) is 2.